The molecule has 0 amide bonds. The third kappa shape index (κ3) is 1.64. The highest BCUT2D eigenvalue weighted by Gasteiger charge is 2.42. The number of nitrogens with zero attached hydrogens (tertiary/aromatic N) is 1. The van der Waals surface area contributed by atoms with E-state index >= 15 is 0 Å². The lowest BCUT2D eigenvalue weighted by atomic mass is 9.68. The molecule has 1 rings (SSSR count). The Kier molecular flexibility index (Phi) is 3.32. The Hall–Kier alpha value is -0.0800. The van der Waals surface area contributed by atoms with Crippen molar-refractivity contribution < 1.29 is 0 Å². The summed E-state index contributed by atoms with van der Waals surface area (Å²) in [7, 11) is 2.24. The van der Waals surface area contributed by atoms with Crippen LogP contribution in [-0.4, -0.2) is 24.0 Å². The smallest absolute Gasteiger partial charge is 0.0201 e. The Labute approximate surface area is 76.9 Å². The van der Waals surface area contributed by atoms with E-state index < -0.39 is 0 Å². The van der Waals surface area contributed by atoms with E-state index in [1.807, 2.05) is 0 Å². The number of hydrogen-bond acceptors (Lipinski definition) is 2. The van der Waals surface area contributed by atoms with Gasteiger partial charge in [0.25, 0.3) is 0 Å². The van der Waals surface area contributed by atoms with Gasteiger partial charge in [-0.25, -0.2) is 0 Å². The van der Waals surface area contributed by atoms with Gasteiger partial charge in [0.1, 0.15) is 0 Å². The van der Waals surface area contributed by atoms with Gasteiger partial charge in [-0.05, 0) is 45.7 Å². The molecule has 1 heterocycles. The molecule has 12 heavy (non-hydrogen) atoms. The van der Waals surface area contributed by atoms with Crippen molar-refractivity contribution in [3.8, 4) is 0 Å². The minimum Gasteiger partial charge on any atom is -0.344 e. The predicted octanol–water partition coefficient (Wildman–Crippen LogP) is 2.68. The van der Waals surface area contributed by atoms with Crippen LogP contribution in [0.1, 0.15) is 40.5 Å². The molecule has 74 valence electrons. The molecule has 1 saturated heterocycles. The fourth-order valence-corrected chi connectivity index (χ4v) is 1.86. The number of piperidine rings is 1. The van der Waals surface area contributed by atoms with Crippen LogP contribution >= 0.6 is 0 Å². The minimum absolute atomic E-state index is 0. The second kappa shape index (κ2) is 3.35. The van der Waals surface area contributed by atoms with Gasteiger partial charge in [0.2, 0.25) is 0 Å². The third-order valence-corrected chi connectivity index (χ3v) is 3.91. The summed E-state index contributed by atoms with van der Waals surface area (Å²) in [4.78, 5) is 2.48. The molecule has 0 spiro atoms. The normalized spacial score (nSPS) is 27.8. The Morgan fingerprint density at radius 3 is 1.92 bits per heavy atom. The molecule has 3 N–H and O–H groups in total. The molecule has 0 aliphatic carbocycles. The van der Waals surface area contributed by atoms with Crippen LogP contribution in [0.3, 0.4) is 0 Å². The third-order valence-electron chi connectivity index (χ3n) is 3.91. The highest BCUT2D eigenvalue weighted by atomic mass is 15.2. The molecule has 1 fully saturated rings. The lowest BCUT2D eigenvalue weighted by molar-refractivity contribution is -0.0121. The molecular weight excluding hydrogens is 148 g/mol. The maximum Gasteiger partial charge on any atom is 0.0201 e. The molecule has 0 atom stereocenters. The molecule has 0 saturated carbocycles. The average Bonchev–Trinajstić information content (AvgIpc) is 1.84. The van der Waals surface area contributed by atoms with Gasteiger partial charge in [0.15, 0.2) is 0 Å². The summed E-state index contributed by atoms with van der Waals surface area (Å²) < 4.78 is 0. The van der Waals surface area contributed by atoms with E-state index in [4.69, 9.17) is 0 Å². The summed E-state index contributed by atoms with van der Waals surface area (Å²) >= 11 is 0. The van der Waals surface area contributed by atoms with Gasteiger partial charge in [-0.3, -0.25) is 0 Å². The topological polar surface area (TPSA) is 38.2 Å². The van der Waals surface area contributed by atoms with Gasteiger partial charge in [0.05, 0.1) is 0 Å². The number of rotatable bonds is 0. The molecule has 1 aliphatic rings. The van der Waals surface area contributed by atoms with Crippen LogP contribution < -0.4 is 6.15 Å². The monoisotopic (exact) mass is 172 g/mol. The average molecular weight is 172 g/mol. The summed E-state index contributed by atoms with van der Waals surface area (Å²) in [6.45, 7) is 10.7. The van der Waals surface area contributed by atoms with Crippen molar-refractivity contribution in [1.29, 1.82) is 0 Å². The second-order valence-corrected chi connectivity index (χ2v) is 4.97. The van der Waals surface area contributed by atoms with E-state index in [-0.39, 0.29) is 6.15 Å². The first-order chi connectivity index (χ1) is 4.88. The van der Waals surface area contributed by atoms with Gasteiger partial charge in [-0.2, -0.15) is 0 Å². The molecule has 0 aromatic carbocycles. The Morgan fingerprint density at radius 1 is 1.08 bits per heavy atom. The van der Waals surface area contributed by atoms with E-state index in [1.165, 1.54) is 19.4 Å². The van der Waals surface area contributed by atoms with Crippen LogP contribution in [0.15, 0.2) is 0 Å². The van der Waals surface area contributed by atoms with Crippen LogP contribution in [0.25, 0.3) is 0 Å². The van der Waals surface area contributed by atoms with Crippen molar-refractivity contribution in [2.45, 2.75) is 46.1 Å². The zero-order chi connectivity index (χ0) is 8.70. The van der Waals surface area contributed by atoms with Crippen molar-refractivity contribution in [2.24, 2.45) is 5.41 Å². The van der Waals surface area contributed by atoms with E-state index in [9.17, 15) is 0 Å². The molecular formula is C10H24N2. The number of likely N-dealkylation sites (tertiary alicyclic amines) is 1. The minimum atomic E-state index is 0. The molecule has 0 unspecified atom stereocenters. The first kappa shape index (κ1) is 11.9. The second-order valence-electron chi connectivity index (χ2n) is 4.97. The Bertz CT molecular complexity index is 150. The zero-order valence-corrected chi connectivity index (χ0v) is 9.28. The molecule has 2 nitrogen and oxygen atoms in total. The molecule has 0 aromatic heterocycles. The standard InChI is InChI=1S/C10H21N.H3N/c1-9(2)7-6-8-11(5)10(9,3)4;/h6-8H2,1-5H3;1H3. The van der Waals surface area contributed by atoms with Gasteiger partial charge in [-0.15, -0.1) is 0 Å². The molecule has 0 radical (unpaired) electrons. The van der Waals surface area contributed by atoms with Crippen LogP contribution in [-0.2, 0) is 0 Å². The van der Waals surface area contributed by atoms with E-state index in [1.54, 1.807) is 0 Å². The lowest BCUT2D eigenvalue weighted by Gasteiger charge is -2.52. The van der Waals surface area contributed by atoms with Crippen molar-refractivity contribution in [3.05, 3.63) is 0 Å². The fraction of sp³-hybridized carbons (Fsp3) is 1.00. The van der Waals surface area contributed by atoms with Gasteiger partial charge < -0.3 is 11.1 Å². The van der Waals surface area contributed by atoms with Crippen LogP contribution in [0.2, 0.25) is 0 Å². The van der Waals surface area contributed by atoms with Gasteiger partial charge >= 0.3 is 0 Å². The first-order valence-corrected chi connectivity index (χ1v) is 4.59. The van der Waals surface area contributed by atoms with Crippen molar-refractivity contribution in [2.75, 3.05) is 13.6 Å². The summed E-state index contributed by atoms with van der Waals surface area (Å²) in [5.74, 6) is 0. The Balaban J connectivity index is 0.00000121. The van der Waals surface area contributed by atoms with E-state index in [2.05, 4.69) is 39.6 Å². The molecule has 2 heteroatoms. The molecule has 0 bridgehead atoms. The highest BCUT2D eigenvalue weighted by molar-refractivity contribution is 4.96. The van der Waals surface area contributed by atoms with Crippen molar-refractivity contribution >= 4 is 0 Å². The van der Waals surface area contributed by atoms with Gasteiger partial charge in [0, 0.05) is 5.54 Å². The van der Waals surface area contributed by atoms with Crippen LogP contribution in [0.5, 0.6) is 0 Å². The maximum absolute atomic E-state index is 2.48. The summed E-state index contributed by atoms with van der Waals surface area (Å²) in [5.41, 5.74) is 0.839. The van der Waals surface area contributed by atoms with E-state index in [0.29, 0.717) is 11.0 Å². The zero-order valence-electron chi connectivity index (χ0n) is 9.28. The van der Waals surface area contributed by atoms with E-state index in [0.717, 1.165) is 0 Å². The van der Waals surface area contributed by atoms with Crippen molar-refractivity contribution in [1.82, 2.24) is 11.1 Å². The first-order valence-electron chi connectivity index (χ1n) is 4.59. The summed E-state index contributed by atoms with van der Waals surface area (Å²) in [5, 5.41) is 0. The SMILES string of the molecule is CN1CCCC(C)(C)C1(C)C.N. The number of hydrogen-bond donors (Lipinski definition) is 1. The lowest BCUT2D eigenvalue weighted by Crippen LogP contribution is -2.55. The van der Waals surface area contributed by atoms with Gasteiger partial charge in [-0.1, -0.05) is 13.8 Å². The predicted molar refractivity (Wildman–Crippen MR) is 54.7 cm³/mol. The summed E-state index contributed by atoms with van der Waals surface area (Å²) in [6.07, 6.45) is 2.72. The quantitative estimate of drug-likeness (QED) is 0.610. The summed E-state index contributed by atoms with van der Waals surface area (Å²) in [6, 6.07) is 0. The van der Waals surface area contributed by atoms with Crippen LogP contribution in [0, 0.1) is 5.41 Å². The maximum atomic E-state index is 2.48. The molecule has 1 aliphatic heterocycles. The largest absolute Gasteiger partial charge is 0.344 e. The fourth-order valence-electron chi connectivity index (χ4n) is 1.86. The van der Waals surface area contributed by atoms with Crippen LogP contribution in [0.4, 0.5) is 0 Å². The van der Waals surface area contributed by atoms with Crippen molar-refractivity contribution in [3.63, 3.8) is 0 Å². The highest BCUT2D eigenvalue weighted by Crippen LogP contribution is 2.42. The Morgan fingerprint density at radius 2 is 1.58 bits per heavy atom. The molecule has 0 aromatic rings.